The van der Waals surface area contributed by atoms with Gasteiger partial charge >= 0.3 is 5.97 Å². The van der Waals surface area contributed by atoms with Gasteiger partial charge in [-0.05, 0) is 53.8 Å². The molecular formula is C23H26FNO4. The van der Waals surface area contributed by atoms with Gasteiger partial charge in [0.2, 0.25) is 0 Å². The van der Waals surface area contributed by atoms with Crippen molar-refractivity contribution in [2.45, 2.75) is 39.0 Å². The second-order valence-corrected chi connectivity index (χ2v) is 7.76. The largest absolute Gasteiger partial charge is 0.464 e. The van der Waals surface area contributed by atoms with Crippen molar-refractivity contribution >= 4 is 17.7 Å². The fourth-order valence-electron chi connectivity index (χ4n) is 2.63. The second kappa shape index (κ2) is 9.96. The Labute approximate surface area is 170 Å². The maximum absolute atomic E-state index is 12.8. The number of hydrogen-bond acceptors (Lipinski definition) is 4. The predicted octanol–water partition coefficient (Wildman–Crippen LogP) is 4.06. The number of rotatable bonds is 8. The molecule has 0 unspecified atom stereocenters. The van der Waals surface area contributed by atoms with E-state index in [0.29, 0.717) is 17.5 Å². The molecule has 1 N–H and O–H groups in total. The lowest BCUT2D eigenvalue weighted by atomic mass is 9.87. The lowest BCUT2D eigenvalue weighted by Crippen LogP contribution is -2.30. The Balaban J connectivity index is 1.68. The van der Waals surface area contributed by atoms with Crippen LogP contribution in [-0.4, -0.2) is 30.8 Å². The minimum Gasteiger partial charge on any atom is -0.464 e. The summed E-state index contributed by atoms with van der Waals surface area (Å²) in [5, 5.41) is 2.52. The Kier molecular flexibility index (Phi) is 7.65. The van der Waals surface area contributed by atoms with E-state index in [1.54, 1.807) is 12.1 Å². The summed E-state index contributed by atoms with van der Waals surface area (Å²) in [6.07, 6.45) is 0.537. The molecule has 154 valence electrons. The van der Waals surface area contributed by atoms with Gasteiger partial charge < -0.3 is 10.1 Å². The molecule has 0 aromatic heterocycles. The molecule has 0 atom stereocenters. The van der Waals surface area contributed by atoms with Crippen LogP contribution in [0.1, 0.15) is 59.9 Å². The van der Waals surface area contributed by atoms with Crippen molar-refractivity contribution in [3.05, 3.63) is 71.0 Å². The zero-order chi connectivity index (χ0) is 21.4. The average molecular weight is 399 g/mol. The van der Waals surface area contributed by atoms with Gasteiger partial charge in [0.05, 0.1) is 6.61 Å². The van der Waals surface area contributed by atoms with Gasteiger partial charge in [-0.3, -0.25) is 14.4 Å². The van der Waals surface area contributed by atoms with E-state index in [0.717, 1.165) is 5.56 Å². The maximum Gasteiger partial charge on any atom is 0.325 e. The third-order valence-electron chi connectivity index (χ3n) is 4.38. The molecule has 2 rings (SSSR count). The molecule has 0 saturated heterocycles. The number of carbonyl (C=O) groups excluding carboxylic acids is 3. The molecule has 0 bridgehead atoms. The van der Waals surface area contributed by atoms with Gasteiger partial charge in [0.15, 0.2) is 5.78 Å². The van der Waals surface area contributed by atoms with Crippen LogP contribution in [0, 0.1) is 5.82 Å². The Bertz CT molecular complexity index is 852. The van der Waals surface area contributed by atoms with Crippen LogP contribution >= 0.6 is 0 Å². The van der Waals surface area contributed by atoms with Crippen molar-refractivity contribution in [3.8, 4) is 0 Å². The van der Waals surface area contributed by atoms with E-state index in [4.69, 9.17) is 4.74 Å². The Hall–Kier alpha value is -3.02. The molecule has 5 nitrogen and oxygen atoms in total. The van der Waals surface area contributed by atoms with E-state index in [9.17, 15) is 18.8 Å². The molecule has 29 heavy (non-hydrogen) atoms. The monoisotopic (exact) mass is 399 g/mol. The number of Topliss-reactive ketones (excluding diaryl/α,β-unsaturated/α-hetero) is 1. The van der Waals surface area contributed by atoms with E-state index >= 15 is 0 Å². The lowest BCUT2D eigenvalue weighted by molar-refractivity contribution is -0.142. The molecule has 0 aliphatic carbocycles. The molecule has 6 heteroatoms. The van der Waals surface area contributed by atoms with Gasteiger partial charge in [0.25, 0.3) is 5.91 Å². The van der Waals surface area contributed by atoms with E-state index in [2.05, 4.69) is 26.1 Å². The summed E-state index contributed by atoms with van der Waals surface area (Å²) in [6, 6.07) is 12.5. The molecule has 2 aromatic rings. The number of ether oxygens (including phenoxy) is 1. The van der Waals surface area contributed by atoms with Crippen molar-refractivity contribution in [1.29, 1.82) is 0 Å². The van der Waals surface area contributed by atoms with Crippen LogP contribution in [0.2, 0.25) is 0 Å². The highest BCUT2D eigenvalue weighted by Crippen LogP contribution is 2.22. The number of hydrogen-bond donors (Lipinski definition) is 1. The standard InChI is InChI=1S/C23H26FNO4/c1-23(2,3)18-10-6-17(7-11-18)22(28)25-15-21(27)29-14-4-5-20(26)16-8-12-19(24)13-9-16/h6-13H,4-5,14-15H2,1-3H3,(H,25,28). The number of amides is 1. The number of halogens is 1. The number of esters is 1. The van der Waals surface area contributed by atoms with Crippen LogP contribution < -0.4 is 5.32 Å². The topological polar surface area (TPSA) is 72.5 Å². The zero-order valence-electron chi connectivity index (χ0n) is 17.0. The molecule has 0 heterocycles. The molecule has 0 fully saturated rings. The number of nitrogens with one attached hydrogen (secondary N) is 1. The SMILES string of the molecule is CC(C)(C)c1ccc(C(=O)NCC(=O)OCCCC(=O)c2ccc(F)cc2)cc1. The van der Waals surface area contributed by atoms with Crippen molar-refractivity contribution in [3.63, 3.8) is 0 Å². The van der Waals surface area contributed by atoms with Crippen LogP contribution in [0.4, 0.5) is 4.39 Å². The van der Waals surface area contributed by atoms with Gasteiger partial charge in [0, 0.05) is 17.5 Å². The lowest BCUT2D eigenvalue weighted by Gasteiger charge is -2.19. The summed E-state index contributed by atoms with van der Waals surface area (Å²) in [4.78, 5) is 35.8. The molecule has 1 amide bonds. The Morgan fingerprint density at radius 2 is 1.52 bits per heavy atom. The van der Waals surface area contributed by atoms with Gasteiger partial charge in [-0.1, -0.05) is 32.9 Å². The molecule has 2 aromatic carbocycles. The first-order valence-corrected chi connectivity index (χ1v) is 9.50. The highest BCUT2D eigenvalue weighted by molar-refractivity contribution is 5.96. The molecule has 0 spiro atoms. The minimum atomic E-state index is -0.570. The Morgan fingerprint density at radius 3 is 2.10 bits per heavy atom. The van der Waals surface area contributed by atoms with Crippen molar-refractivity contribution in [1.82, 2.24) is 5.32 Å². The first kappa shape index (κ1) is 22.3. The summed E-state index contributed by atoms with van der Waals surface area (Å²) >= 11 is 0. The third kappa shape index (κ3) is 7.14. The minimum absolute atomic E-state index is 0.00308. The fraction of sp³-hybridized carbons (Fsp3) is 0.348. The van der Waals surface area contributed by atoms with Crippen molar-refractivity contribution < 1.29 is 23.5 Å². The van der Waals surface area contributed by atoms with Gasteiger partial charge in [-0.25, -0.2) is 4.39 Å². The quantitative estimate of drug-likeness (QED) is 0.413. The van der Waals surface area contributed by atoms with Crippen molar-refractivity contribution in [2.24, 2.45) is 0 Å². The van der Waals surface area contributed by atoms with Crippen LogP contribution in [0.25, 0.3) is 0 Å². The van der Waals surface area contributed by atoms with E-state index in [1.165, 1.54) is 24.3 Å². The van der Waals surface area contributed by atoms with E-state index in [-0.39, 0.29) is 36.7 Å². The molecule has 0 aliphatic rings. The summed E-state index contributed by atoms with van der Waals surface area (Å²) in [6.45, 7) is 6.09. The number of carbonyl (C=O) groups is 3. The van der Waals surface area contributed by atoms with Crippen LogP contribution in [0.3, 0.4) is 0 Å². The first-order valence-electron chi connectivity index (χ1n) is 9.50. The number of benzene rings is 2. The van der Waals surface area contributed by atoms with E-state index < -0.39 is 11.8 Å². The summed E-state index contributed by atoms with van der Waals surface area (Å²) < 4.78 is 17.9. The third-order valence-corrected chi connectivity index (χ3v) is 4.38. The zero-order valence-corrected chi connectivity index (χ0v) is 17.0. The maximum atomic E-state index is 12.8. The van der Waals surface area contributed by atoms with Crippen LogP contribution in [0.15, 0.2) is 48.5 Å². The fourth-order valence-corrected chi connectivity index (χ4v) is 2.63. The van der Waals surface area contributed by atoms with E-state index in [1.807, 2.05) is 12.1 Å². The van der Waals surface area contributed by atoms with Gasteiger partial charge in [-0.15, -0.1) is 0 Å². The summed E-state index contributed by atoms with van der Waals surface area (Å²) in [7, 11) is 0. The smallest absolute Gasteiger partial charge is 0.325 e. The molecule has 0 saturated carbocycles. The predicted molar refractivity (Wildman–Crippen MR) is 108 cm³/mol. The Morgan fingerprint density at radius 1 is 0.931 bits per heavy atom. The molecule has 0 radical (unpaired) electrons. The summed E-state index contributed by atoms with van der Waals surface area (Å²) in [5.74, 6) is -1.47. The first-order chi connectivity index (χ1) is 13.7. The highest BCUT2D eigenvalue weighted by atomic mass is 19.1. The highest BCUT2D eigenvalue weighted by Gasteiger charge is 2.15. The summed E-state index contributed by atoms with van der Waals surface area (Å²) in [5.41, 5.74) is 2.00. The van der Waals surface area contributed by atoms with Gasteiger partial charge in [-0.2, -0.15) is 0 Å². The van der Waals surface area contributed by atoms with Crippen LogP contribution in [-0.2, 0) is 14.9 Å². The number of ketones is 1. The second-order valence-electron chi connectivity index (χ2n) is 7.76. The molecule has 0 aliphatic heterocycles. The van der Waals surface area contributed by atoms with Crippen LogP contribution in [0.5, 0.6) is 0 Å². The van der Waals surface area contributed by atoms with Crippen molar-refractivity contribution in [2.75, 3.05) is 13.2 Å². The molecular weight excluding hydrogens is 373 g/mol. The normalized spacial score (nSPS) is 11.0. The average Bonchev–Trinajstić information content (AvgIpc) is 2.69. The van der Waals surface area contributed by atoms with Gasteiger partial charge in [0.1, 0.15) is 12.4 Å².